The molecule has 0 aromatic heterocycles. The normalized spacial score (nSPS) is 35.5. The van der Waals surface area contributed by atoms with E-state index in [0.717, 1.165) is 30.8 Å². The number of benzene rings is 1. The van der Waals surface area contributed by atoms with Gasteiger partial charge in [-0.2, -0.15) is 0 Å². The molecule has 2 bridgehead atoms. The van der Waals surface area contributed by atoms with E-state index in [1.165, 1.54) is 18.1 Å². The van der Waals surface area contributed by atoms with Gasteiger partial charge < -0.3 is 19.3 Å². The van der Waals surface area contributed by atoms with Gasteiger partial charge in [0.15, 0.2) is 11.5 Å². The molecule has 1 aliphatic carbocycles. The standard InChI is InChI=1S/C19H25NO5/c1-11(21)25-13-4-5-19-9-18(22)20(17(19)7-13)10-12-6-15(23-2)16(24-3)8-14(12)19/h6,8,13,17-18,22H,4-5,7,9-10H2,1-3H3/t13-,17+,18-,19+/m1/s1. The van der Waals surface area contributed by atoms with Crippen molar-refractivity contribution in [2.45, 2.75) is 62.9 Å². The number of methoxy groups -OCH3 is 2. The Labute approximate surface area is 147 Å². The van der Waals surface area contributed by atoms with E-state index in [4.69, 9.17) is 14.2 Å². The second kappa shape index (κ2) is 5.88. The van der Waals surface area contributed by atoms with Gasteiger partial charge in [-0.05, 0) is 42.5 Å². The Hall–Kier alpha value is -1.79. The Morgan fingerprint density at radius 2 is 2.00 bits per heavy atom. The molecule has 2 aliphatic heterocycles. The van der Waals surface area contributed by atoms with Crippen LogP contribution in [-0.2, 0) is 21.5 Å². The summed E-state index contributed by atoms with van der Waals surface area (Å²) in [6, 6.07) is 4.31. The van der Waals surface area contributed by atoms with Crippen LogP contribution in [-0.4, -0.2) is 48.6 Å². The molecule has 1 saturated carbocycles. The number of carbonyl (C=O) groups is 1. The molecule has 4 rings (SSSR count). The van der Waals surface area contributed by atoms with Gasteiger partial charge in [0.25, 0.3) is 0 Å². The number of hydrogen-bond acceptors (Lipinski definition) is 6. The van der Waals surface area contributed by atoms with Crippen molar-refractivity contribution >= 4 is 5.97 Å². The van der Waals surface area contributed by atoms with Crippen molar-refractivity contribution in [1.82, 2.24) is 4.90 Å². The van der Waals surface area contributed by atoms with Gasteiger partial charge in [0, 0.05) is 31.3 Å². The molecule has 136 valence electrons. The third kappa shape index (κ3) is 2.42. The fraction of sp³-hybridized carbons (Fsp3) is 0.632. The van der Waals surface area contributed by atoms with E-state index in [1.807, 2.05) is 6.07 Å². The number of aliphatic hydroxyl groups is 1. The lowest BCUT2D eigenvalue weighted by atomic mass is 9.63. The maximum absolute atomic E-state index is 11.4. The van der Waals surface area contributed by atoms with Crippen molar-refractivity contribution < 1.29 is 24.1 Å². The summed E-state index contributed by atoms with van der Waals surface area (Å²) in [6.07, 6.45) is 2.67. The summed E-state index contributed by atoms with van der Waals surface area (Å²) < 4.78 is 16.4. The Morgan fingerprint density at radius 3 is 2.68 bits per heavy atom. The molecule has 25 heavy (non-hydrogen) atoms. The molecular formula is C19H25NO5. The molecule has 1 aromatic rings. The first-order valence-electron chi connectivity index (χ1n) is 8.85. The molecule has 1 N–H and O–H groups in total. The average Bonchev–Trinajstić information content (AvgIpc) is 2.80. The summed E-state index contributed by atoms with van der Waals surface area (Å²) in [7, 11) is 3.29. The zero-order chi connectivity index (χ0) is 17.8. The number of aliphatic hydroxyl groups excluding tert-OH is 1. The second-order valence-corrected chi connectivity index (χ2v) is 7.40. The van der Waals surface area contributed by atoms with Gasteiger partial charge in [-0.3, -0.25) is 9.69 Å². The van der Waals surface area contributed by atoms with Gasteiger partial charge in [0.05, 0.1) is 14.2 Å². The number of hydrogen-bond donors (Lipinski definition) is 1. The van der Waals surface area contributed by atoms with Crippen molar-refractivity contribution in [2.24, 2.45) is 0 Å². The van der Waals surface area contributed by atoms with Gasteiger partial charge in [0.2, 0.25) is 0 Å². The summed E-state index contributed by atoms with van der Waals surface area (Å²) in [4.78, 5) is 13.5. The fourth-order valence-corrected chi connectivity index (χ4v) is 5.21. The van der Waals surface area contributed by atoms with Crippen LogP contribution in [0, 0.1) is 0 Å². The van der Waals surface area contributed by atoms with E-state index in [-0.39, 0.29) is 23.5 Å². The first-order valence-corrected chi connectivity index (χ1v) is 8.85. The van der Waals surface area contributed by atoms with Gasteiger partial charge in [-0.1, -0.05) is 0 Å². The first-order chi connectivity index (χ1) is 12.0. The minimum absolute atomic E-state index is 0.0647. The predicted octanol–water partition coefficient (Wildman–Crippen LogP) is 1.96. The molecule has 1 unspecified atom stereocenters. The lowest BCUT2D eigenvalue weighted by Gasteiger charge is -2.48. The van der Waals surface area contributed by atoms with E-state index < -0.39 is 6.23 Å². The third-order valence-corrected chi connectivity index (χ3v) is 6.20. The van der Waals surface area contributed by atoms with Crippen LogP contribution >= 0.6 is 0 Å². The summed E-state index contributed by atoms with van der Waals surface area (Å²) in [6.45, 7) is 2.14. The zero-order valence-corrected chi connectivity index (χ0v) is 14.9. The third-order valence-electron chi connectivity index (χ3n) is 6.20. The number of rotatable bonds is 3. The number of fused-ring (bicyclic) bond motifs is 1. The predicted molar refractivity (Wildman–Crippen MR) is 90.6 cm³/mol. The summed E-state index contributed by atoms with van der Waals surface area (Å²) >= 11 is 0. The van der Waals surface area contributed by atoms with Crippen LogP contribution in [0.25, 0.3) is 0 Å². The van der Waals surface area contributed by atoms with E-state index in [0.29, 0.717) is 13.0 Å². The monoisotopic (exact) mass is 347 g/mol. The second-order valence-electron chi connectivity index (χ2n) is 7.40. The number of ether oxygens (including phenoxy) is 3. The lowest BCUT2D eigenvalue weighted by Crippen LogP contribution is -2.52. The van der Waals surface area contributed by atoms with Crippen LogP contribution in [0.1, 0.15) is 43.7 Å². The molecule has 2 heterocycles. The van der Waals surface area contributed by atoms with E-state index in [9.17, 15) is 9.90 Å². The highest BCUT2D eigenvalue weighted by molar-refractivity contribution is 5.66. The number of carbonyl (C=O) groups excluding carboxylic acids is 1. The van der Waals surface area contributed by atoms with Crippen LogP contribution in [0.5, 0.6) is 11.5 Å². The molecular weight excluding hydrogens is 322 g/mol. The highest BCUT2D eigenvalue weighted by atomic mass is 16.5. The van der Waals surface area contributed by atoms with Crippen molar-refractivity contribution in [3.63, 3.8) is 0 Å². The topological polar surface area (TPSA) is 68.2 Å². The Balaban J connectivity index is 1.76. The quantitative estimate of drug-likeness (QED) is 0.843. The Bertz CT molecular complexity index is 705. The van der Waals surface area contributed by atoms with E-state index >= 15 is 0 Å². The Morgan fingerprint density at radius 1 is 1.28 bits per heavy atom. The van der Waals surface area contributed by atoms with Crippen molar-refractivity contribution in [3.8, 4) is 11.5 Å². The maximum Gasteiger partial charge on any atom is 0.302 e. The minimum atomic E-state index is -0.467. The smallest absolute Gasteiger partial charge is 0.302 e. The molecule has 0 radical (unpaired) electrons. The fourth-order valence-electron chi connectivity index (χ4n) is 5.21. The molecule has 1 saturated heterocycles. The summed E-state index contributed by atoms with van der Waals surface area (Å²) in [5.74, 6) is 1.22. The molecule has 6 nitrogen and oxygen atoms in total. The molecule has 0 spiro atoms. The van der Waals surface area contributed by atoms with Crippen LogP contribution in [0.2, 0.25) is 0 Å². The lowest BCUT2D eigenvalue weighted by molar-refractivity contribution is -0.149. The van der Waals surface area contributed by atoms with E-state index in [1.54, 1.807) is 14.2 Å². The maximum atomic E-state index is 11.4. The van der Waals surface area contributed by atoms with Crippen LogP contribution < -0.4 is 9.47 Å². The molecule has 1 aromatic carbocycles. The van der Waals surface area contributed by atoms with Crippen LogP contribution in [0.15, 0.2) is 12.1 Å². The van der Waals surface area contributed by atoms with Gasteiger partial charge >= 0.3 is 5.97 Å². The minimum Gasteiger partial charge on any atom is -0.493 e. The number of esters is 1. The molecule has 3 aliphatic rings. The Kier molecular flexibility index (Phi) is 3.92. The van der Waals surface area contributed by atoms with E-state index in [2.05, 4.69) is 11.0 Å². The average molecular weight is 347 g/mol. The highest BCUT2D eigenvalue weighted by Crippen LogP contribution is 2.56. The van der Waals surface area contributed by atoms with Crippen LogP contribution in [0.3, 0.4) is 0 Å². The van der Waals surface area contributed by atoms with Gasteiger partial charge in [0.1, 0.15) is 12.3 Å². The number of nitrogens with zero attached hydrogens (tertiary/aromatic N) is 1. The van der Waals surface area contributed by atoms with Crippen molar-refractivity contribution in [3.05, 3.63) is 23.3 Å². The summed E-state index contributed by atoms with van der Waals surface area (Å²) in [5, 5.41) is 10.7. The first kappa shape index (κ1) is 16.7. The SMILES string of the molecule is COc1cc2c(cc1OC)[C@@]13CC[C@@H](OC(C)=O)C[C@@H]1N(C2)[C@H](O)C3. The molecule has 2 fully saturated rings. The van der Waals surface area contributed by atoms with Crippen LogP contribution in [0.4, 0.5) is 0 Å². The van der Waals surface area contributed by atoms with Crippen molar-refractivity contribution in [1.29, 1.82) is 0 Å². The van der Waals surface area contributed by atoms with Gasteiger partial charge in [-0.15, -0.1) is 0 Å². The van der Waals surface area contributed by atoms with Gasteiger partial charge in [-0.25, -0.2) is 0 Å². The summed E-state index contributed by atoms with van der Waals surface area (Å²) in [5.41, 5.74) is 2.34. The zero-order valence-electron chi connectivity index (χ0n) is 14.9. The van der Waals surface area contributed by atoms with Crippen molar-refractivity contribution in [2.75, 3.05) is 14.2 Å². The highest BCUT2D eigenvalue weighted by Gasteiger charge is 2.58. The molecule has 0 amide bonds. The molecule has 5 atom stereocenters. The largest absolute Gasteiger partial charge is 0.493 e. The molecule has 6 heteroatoms.